The Morgan fingerprint density at radius 1 is 1.19 bits per heavy atom. The molecule has 0 saturated heterocycles. The Morgan fingerprint density at radius 3 is 2.62 bits per heavy atom. The predicted molar refractivity (Wildman–Crippen MR) is 78.5 cm³/mol. The monoisotopic (exact) mass is 309 g/mol. The van der Waals surface area contributed by atoms with E-state index < -0.39 is 17.4 Å². The molecule has 2 aromatic rings. The molecule has 2 rings (SSSR count). The minimum absolute atomic E-state index is 0.0368. The minimum Gasteiger partial charge on any atom is -0.295 e. The Kier molecular flexibility index (Phi) is 5.04. The van der Waals surface area contributed by atoms with Crippen LogP contribution in [0.25, 0.3) is 0 Å². The highest BCUT2D eigenvalue weighted by atomic mass is 35.5. The summed E-state index contributed by atoms with van der Waals surface area (Å²) in [5, 5.41) is 0.622. The smallest absolute Gasteiger partial charge is 0.179 e. The van der Waals surface area contributed by atoms with Crippen LogP contribution in [0.3, 0.4) is 0 Å². The molecule has 0 heterocycles. The second-order valence-corrected chi connectivity index (χ2v) is 5.29. The average Bonchev–Trinajstić information content (AvgIpc) is 2.38. The number of halogens is 3. The third-order valence-corrected chi connectivity index (χ3v) is 3.22. The molecule has 2 nitrogen and oxygen atoms in total. The highest BCUT2D eigenvalue weighted by Crippen LogP contribution is 2.14. The molecular formula is C16H14ClF2NO. The van der Waals surface area contributed by atoms with E-state index in [0.717, 1.165) is 11.6 Å². The summed E-state index contributed by atoms with van der Waals surface area (Å²) in [4.78, 5) is 13.8. The summed E-state index contributed by atoms with van der Waals surface area (Å²) in [6.45, 7) is 0.546. The first kappa shape index (κ1) is 15.6. The topological polar surface area (TPSA) is 20.3 Å². The van der Waals surface area contributed by atoms with Gasteiger partial charge in [-0.1, -0.05) is 23.7 Å². The molecule has 2 aromatic carbocycles. The van der Waals surface area contributed by atoms with Crippen LogP contribution in [0.1, 0.15) is 15.9 Å². The third-order valence-electron chi connectivity index (χ3n) is 2.99. The molecule has 0 bridgehead atoms. The number of likely N-dealkylation sites (N-methyl/N-ethyl adjacent to an activating group) is 1. The van der Waals surface area contributed by atoms with Gasteiger partial charge in [0.05, 0.1) is 12.1 Å². The highest BCUT2D eigenvalue weighted by molar-refractivity contribution is 6.30. The van der Waals surface area contributed by atoms with Crippen molar-refractivity contribution in [2.45, 2.75) is 6.54 Å². The fraction of sp³-hybridized carbons (Fsp3) is 0.188. The first-order chi connectivity index (χ1) is 9.95. The molecule has 110 valence electrons. The second kappa shape index (κ2) is 6.78. The van der Waals surface area contributed by atoms with Crippen molar-refractivity contribution in [2.24, 2.45) is 0 Å². The van der Waals surface area contributed by atoms with Gasteiger partial charge < -0.3 is 0 Å². The number of carbonyl (C=O) groups excluding carboxylic acids is 1. The number of benzene rings is 2. The maximum absolute atomic E-state index is 13.5. The largest absolute Gasteiger partial charge is 0.295 e. The van der Waals surface area contributed by atoms with Crippen LogP contribution in [-0.2, 0) is 6.54 Å². The Balaban J connectivity index is 2.02. The van der Waals surface area contributed by atoms with E-state index in [1.807, 2.05) is 12.1 Å². The molecule has 0 spiro atoms. The van der Waals surface area contributed by atoms with Gasteiger partial charge in [-0.2, -0.15) is 0 Å². The van der Waals surface area contributed by atoms with Gasteiger partial charge in [0.1, 0.15) is 11.6 Å². The Bertz CT molecular complexity index is 660. The van der Waals surface area contributed by atoms with Crippen LogP contribution in [0.4, 0.5) is 8.78 Å². The van der Waals surface area contributed by atoms with E-state index in [4.69, 9.17) is 11.6 Å². The quantitative estimate of drug-likeness (QED) is 0.780. The Morgan fingerprint density at radius 2 is 1.95 bits per heavy atom. The predicted octanol–water partition coefficient (Wildman–Crippen LogP) is 3.93. The third kappa shape index (κ3) is 4.34. The Labute approximate surface area is 127 Å². The van der Waals surface area contributed by atoms with Gasteiger partial charge in [-0.25, -0.2) is 8.78 Å². The van der Waals surface area contributed by atoms with Crippen molar-refractivity contribution in [3.8, 4) is 0 Å². The van der Waals surface area contributed by atoms with E-state index in [-0.39, 0.29) is 12.1 Å². The SMILES string of the molecule is CN(CC(=O)c1ccc(F)cc1F)Cc1cccc(Cl)c1. The molecule has 0 aromatic heterocycles. The molecule has 0 fully saturated rings. The fourth-order valence-corrected chi connectivity index (χ4v) is 2.26. The van der Waals surface area contributed by atoms with Crippen molar-refractivity contribution >= 4 is 17.4 Å². The molecule has 0 amide bonds. The van der Waals surface area contributed by atoms with Gasteiger partial charge in [0.15, 0.2) is 5.78 Å². The summed E-state index contributed by atoms with van der Waals surface area (Å²) < 4.78 is 26.4. The summed E-state index contributed by atoms with van der Waals surface area (Å²) in [5.41, 5.74) is 0.853. The molecule has 0 unspecified atom stereocenters. The van der Waals surface area contributed by atoms with Crippen molar-refractivity contribution in [1.82, 2.24) is 4.90 Å². The lowest BCUT2D eigenvalue weighted by Crippen LogP contribution is -2.26. The highest BCUT2D eigenvalue weighted by Gasteiger charge is 2.14. The van der Waals surface area contributed by atoms with Crippen molar-refractivity contribution < 1.29 is 13.6 Å². The lowest BCUT2D eigenvalue weighted by atomic mass is 10.1. The zero-order valence-electron chi connectivity index (χ0n) is 11.4. The summed E-state index contributed by atoms with van der Waals surface area (Å²) in [6.07, 6.45) is 0. The summed E-state index contributed by atoms with van der Waals surface area (Å²) >= 11 is 5.89. The van der Waals surface area contributed by atoms with Gasteiger partial charge in [-0.15, -0.1) is 0 Å². The molecule has 0 N–H and O–H groups in total. The van der Waals surface area contributed by atoms with Crippen LogP contribution in [0.5, 0.6) is 0 Å². The molecule has 0 radical (unpaired) electrons. The number of ketones is 1. The summed E-state index contributed by atoms with van der Waals surface area (Å²) in [5.74, 6) is -1.93. The van der Waals surface area contributed by atoms with Gasteiger partial charge in [-0.05, 0) is 36.9 Å². The molecule has 0 atom stereocenters. The Hall–Kier alpha value is -1.78. The summed E-state index contributed by atoms with van der Waals surface area (Å²) in [7, 11) is 1.75. The normalized spacial score (nSPS) is 10.9. The van der Waals surface area contributed by atoms with Crippen LogP contribution in [0.15, 0.2) is 42.5 Å². The number of hydrogen-bond acceptors (Lipinski definition) is 2. The zero-order chi connectivity index (χ0) is 15.4. The van der Waals surface area contributed by atoms with Crippen molar-refractivity contribution in [1.29, 1.82) is 0 Å². The number of Topliss-reactive ketones (excluding diaryl/α,β-unsaturated/α-hetero) is 1. The number of nitrogens with zero attached hydrogens (tertiary/aromatic N) is 1. The van der Waals surface area contributed by atoms with E-state index in [1.165, 1.54) is 6.07 Å². The molecule has 0 aliphatic rings. The molecule has 5 heteroatoms. The van der Waals surface area contributed by atoms with Gasteiger partial charge in [-0.3, -0.25) is 9.69 Å². The molecule has 0 saturated carbocycles. The first-order valence-electron chi connectivity index (χ1n) is 6.37. The van der Waals surface area contributed by atoms with Crippen molar-refractivity contribution in [3.05, 3.63) is 70.2 Å². The maximum atomic E-state index is 13.5. The van der Waals surface area contributed by atoms with Gasteiger partial charge >= 0.3 is 0 Å². The number of rotatable bonds is 5. The van der Waals surface area contributed by atoms with E-state index >= 15 is 0 Å². The molecule has 21 heavy (non-hydrogen) atoms. The van der Waals surface area contributed by atoms with Crippen LogP contribution in [0, 0.1) is 11.6 Å². The average molecular weight is 310 g/mol. The van der Waals surface area contributed by atoms with Crippen LogP contribution < -0.4 is 0 Å². The zero-order valence-corrected chi connectivity index (χ0v) is 12.2. The lowest BCUT2D eigenvalue weighted by molar-refractivity contribution is 0.0939. The van der Waals surface area contributed by atoms with Crippen LogP contribution in [-0.4, -0.2) is 24.3 Å². The van der Waals surface area contributed by atoms with Gasteiger partial charge in [0.25, 0.3) is 0 Å². The molecular weight excluding hydrogens is 296 g/mol. The van der Waals surface area contributed by atoms with E-state index in [1.54, 1.807) is 24.1 Å². The second-order valence-electron chi connectivity index (χ2n) is 4.85. The number of hydrogen-bond donors (Lipinski definition) is 0. The standard InChI is InChI=1S/C16H14ClF2NO/c1-20(9-11-3-2-4-12(17)7-11)10-16(21)14-6-5-13(18)8-15(14)19/h2-8H,9-10H2,1H3. The number of carbonyl (C=O) groups is 1. The lowest BCUT2D eigenvalue weighted by Gasteiger charge is -2.16. The summed E-state index contributed by atoms with van der Waals surface area (Å²) in [6, 6.07) is 10.3. The minimum atomic E-state index is -0.837. The van der Waals surface area contributed by atoms with E-state index in [2.05, 4.69) is 0 Å². The van der Waals surface area contributed by atoms with Gasteiger partial charge in [0, 0.05) is 17.6 Å². The van der Waals surface area contributed by atoms with Gasteiger partial charge in [0.2, 0.25) is 0 Å². The van der Waals surface area contributed by atoms with Crippen molar-refractivity contribution in [2.75, 3.05) is 13.6 Å². The van der Waals surface area contributed by atoms with Crippen LogP contribution >= 0.6 is 11.6 Å². The molecule has 0 aliphatic heterocycles. The van der Waals surface area contributed by atoms with Crippen molar-refractivity contribution in [3.63, 3.8) is 0 Å². The fourth-order valence-electron chi connectivity index (χ4n) is 2.05. The molecule has 0 aliphatic carbocycles. The van der Waals surface area contributed by atoms with Crippen LogP contribution in [0.2, 0.25) is 5.02 Å². The first-order valence-corrected chi connectivity index (χ1v) is 6.75. The van der Waals surface area contributed by atoms with E-state index in [0.29, 0.717) is 17.6 Å². The maximum Gasteiger partial charge on any atom is 0.179 e. The van der Waals surface area contributed by atoms with E-state index in [9.17, 15) is 13.6 Å².